The summed E-state index contributed by atoms with van der Waals surface area (Å²) in [5.41, 5.74) is 5.04. The quantitative estimate of drug-likeness (QED) is 0.525. The Kier molecular flexibility index (Phi) is 1.97. The molecule has 9 heavy (non-hydrogen) atoms. The zero-order valence-corrected chi connectivity index (χ0v) is 6.07. The fraction of sp³-hybridized carbons (Fsp3) is 0.800. The molecule has 3 nitrogen and oxygen atoms in total. The van der Waals surface area contributed by atoms with Crippen LogP contribution < -0.4 is 11.1 Å². The topological polar surface area (TPSA) is 55.1 Å². The lowest BCUT2D eigenvalue weighted by atomic mass is 10.4. The number of rotatable bonds is 1. The molecular formula is C5H10N2OS. The van der Waals surface area contributed by atoms with E-state index >= 15 is 0 Å². The lowest BCUT2D eigenvalue weighted by Gasteiger charge is -2.03. The standard InChI is InChI=1S/C5H10N2OS/c1-3-2-9-5(7-3)4(6)8/h3,5,7H,2H2,1H3,(H2,6,8). The van der Waals surface area contributed by atoms with E-state index < -0.39 is 0 Å². The van der Waals surface area contributed by atoms with Crippen molar-refractivity contribution in [2.75, 3.05) is 5.75 Å². The van der Waals surface area contributed by atoms with Gasteiger partial charge in [0.2, 0.25) is 5.91 Å². The fourth-order valence-corrected chi connectivity index (χ4v) is 1.83. The Morgan fingerprint density at radius 3 is 2.78 bits per heavy atom. The van der Waals surface area contributed by atoms with Crippen molar-refractivity contribution in [2.24, 2.45) is 5.73 Å². The van der Waals surface area contributed by atoms with Gasteiger partial charge in [0.05, 0.1) is 0 Å². The van der Waals surface area contributed by atoms with Crippen molar-refractivity contribution >= 4 is 17.7 Å². The van der Waals surface area contributed by atoms with E-state index in [2.05, 4.69) is 5.32 Å². The van der Waals surface area contributed by atoms with Crippen LogP contribution in [-0.4, -0.2) is 23.1 Å². The Hall–Kier alpha value is -0.220. The number of primary amides is 1. The van der Waals surface area contributed by atoms with E-state index in [0.717, 1.165) is 5.75 Å². The second-order valence-corrected chi connectivity index (χ2v) is 3.32. The molecule has 0 saturated carbocycles. The molecule has 0 spiro atoms. The number of hydrogen-bond acceptors (Lipinski definition) is 3. The first-order valence-electron chi connectivity index (χ1n) is 2.87. The minimum atomic E-state index is -0.260. The number of nitrogens with two attached hydrogens (primary N) is 1. The fourth-order valence-electron chi connectivity index (χ4n) is 0.759. The minimum Gasteiger partial charge on any atom is -0.368 e. The molecule has 2 unspecified atom stereocenters. The Bertz CT molecular complexity index is 128. The number of carbonyl (C=O) groups is 1. The summed E-state index contributed by atoms with van der Waals surface area (Å²) in [7, 11) is 0. The molecule has 1 rings (SSSR count). The van der Waals surface area contributed by atoms with Crippen LogP contribution in [0.4, 0.5) is 0 Å². The summed E-state index contributed by atoms with van der Waals surface area (Å²) in [6, 6.07) is 0.424. The van der Waals surface area contributed by atoms with Gasteiger partial charge in [-0.3, -0.25) is 10.1 Å². The molecule has 52 valence electrons. The smallest absolute Gasteiger partial charge is 0.244 e. The number of hydrogen-bond donors (Lipinski definition) is 2. The van der Waals surface area contributed by atoms with Gasteiger partial charge >= 0.3 is 0 Å². The van der Waals surface area contributed by atoms with Gasteiger partial charge in [-0.2, -0.15) is 0 Å². The lowest BCUT2D eigenvalue weighted by Crippen LogP contribution is -2.37. The van der Waals surface area contributed by atoms with E-state index in [4.69, 9.17) is 5.73 Å². The second-order valence-electron chi connectivity index (χ2n) is 2.18. The highest BCUT2D eigenvalue weighted by Crippen LogP contribution is 2.17. The van der Waals surface area contributed by atoms with Gasteiger partial charge in [0.25, 0.3) is 0 Å². The van der Waals surface area contributed by atoms with E-state index in [-0.39, 0.29) is 11.3 Å². The number of carbonyl (C=O) groups excluding carboxylic acids is 1. The van der Waals surface area contributed by atoms with Crippen molar-refractivity contribution in [3.8, 4) is 0 Å². The van der Waals surface area contributed by atoms with Gasteiger partial charge in [-0.05, 0) is 6.92 Å². The average Bonchev–Trinajstić information content (AvgIpc) is 2.14. The normalized spacial score (nSPS) is 34.8. The van der Waals surface area contributed by atoms with Crippen LogP contribution in [0.3, 0.4) is 0 Å². The summed E-state index contributed by atoms with van der Waals surface area (Å²) >= 11 is 1.57. The van der Waals surface area contributed by atoms with Gasteiger partial charge in [-0.25, -0.2) is 0 Å². The molecule has 0 aliphatic carbocycles. The van der Waals surface area contributed by atoms with E-state index in [9.17, 15) is 4.79 Å². The minimum absolute atomic E-state index is 0.153. The summed E-state index contributed by atoms with van der Waals surface area (Å²) in [4.78, 5) is 10.5. The molecule has 0 aromatic heterocycles. The van der Waals surface area contributed by atoms with Crippen LogP contribution in [0.5, 0.6) is 0 Å². The number of nitrogens with one attached hydrogen (secondary N) is 1. The highest BCUT2D eigenvalue weighted by Gasteiger charge is 2.24. The molecule has 1 fully saturated rings. The van der Waals surface area contributed by atoms with Crippen LogP contribution in [0.15, 0.2) is 0 Å². The molecule has 1 aliphatic heterocycles. The van der Waals surface area contributed by atoms with Crippen molar-refractivity contribution in [1.29, 1.82) is 0 Å². The van der Waals surface area contributed by atoms with Crippen molar-refractivity contribution in [3.05, 3.63) is 0 Å². The SMILES string of the molecule is CC1CSC(C(N)=O)N1. The monoisotopic (exact) mass is 146 g/mol. The highest BCUT2D eigenvalue weighted by molar-refractivity contribution is 8.00. The number of amides is 1. The van der Waals surface area contributed by atoms with E-state index in [0.29, 0.717) is 6.04 Å². The zero-order chi connectivity index (χ0) is 6.85. The van der Waals surface area contributed by atoms with Crippen LogP contribution in [0.25, 0.3) is 0 Å². The number of thioether (sulfide) groups is 1. The average molecular weight is 146 g/mol. The molecule has 4 heteroatoms. The molecule has 2 atom stereocenters. The van der Waals surface area contributed by atoms with Gasteiger partial charge in [-0.1, -0.05) is 0 Å². The van der Waals surface area contributed by atoms with Gasteiger partial charge in [0.15, 0.2) is 0 Å². The predicted molar refractivity (Wildman–Crippen MR) is 38.0 cm³/mol. The van der Waals surface area contributed by atoms with Gasteiger partial charge in [-0.15, -0.1) is 11.8 Å². The largest absolute Gasteiger partial charge is 0.368 e. The first-order valence-corrected chi connectivity index (χ1v) is 3.92. The second kappa shape index (κ2) is 2.58. The van der Waals surface area contributed by atoms with Crippen molar-refractivity contribution in [2.45, 2.75) is 18.3 Å². The summed E-state index contributed by atoms with van der Waals surface area (Å²) < 4.78 is 0. The highest BCUT2D eigenvalue weighted by atomic mass is 32.2. The van der Waals surface area contributed by atoms with Crippen molar-refractivity contribution in [3.63, 3.8) is 0 Å². The van der Waals surface area contributed by atoms with Crippen LogP contribution in [0.2, 0.25) is 0 Å². The summed E-state index contributed by atoms with van der Waals surface area (Å²) in [6.07, 6.45) is 0. The van der Waals surface area contributed by atoms with Crippen LogP contribution >= 0.6 is 11.8 Å². The molecule has 1 heterocycles. The Labute approximate surface area is 58.4 Å². The molecule has 0 radical (unpaired) electrons. The first-order chi connectivity index (χ1) is 4.20. The van der Waals surface area contributed by atoms with Gasteiger partial charge in [0.1, 0.15) is 5.37 Å². The Morgan fingerprint density at radius 2 is 2.56 bits per heavy atom. The summed E-state index contributed by atoms with van der Waals surface area (Å²) in [5, 5.41) is 2.89. The third kappa shape index (κ3) is 1.59. The van der Waals surface area contributed by atoms with E-state index in [1.54, 1.807) is 11.8 Å². The molecule has 1 saturated heterocycles. The Balaban J connectivity index is 2.39. The molecule has 3 N–H and O–H groups in total. The maximum atomic E-state index is 10.5. The lowest BCUT2D eigenvalue weighted by molar-refractivity contribution is -0.118. The molecule has 0 aromatic rings. The molecule has 1 amide bonds. The van der Waals surface area contributed by atoms with Crippen molar-refractivity contribution < 1.29 is 4.79 Å². The Morgan fingerprint density at radius 1 is 1.89 bits per heavy atom. The molecule has 0 aromatic carbocycles. The maximum Gasteiger partial charge on any atom is 0.244 e. The van der Waals surface area contributed by atoms with Gasteiger partial charge < -0.3 is 5.73 Å². The van der Waals surface area contributed by atoms with Crippen molar-refractivity contribution in [1.82, 2.24) is 5.32 Å². The van der Waals surface area contributed by atoms with Crippen LogP contribution in [0.1, 0.15) is 6.92 Å². The third-order valence-electron chi connectivity index (χ3n) is 1.21. The third-order valence-corrected chi connectivity index (χ3v) is 2.60. The molecular weight excluding hydrogens is 136 g/mol. The molecule has 0 bridgehead atoms. The summed E-state index contributed by atoms with van der Waals surface area (Å²) in [5.74, 6) is 0.720. The first kappa shape index (κ1) is 6.89. The predicted octanol–water partition coefficient (Wildman–Crippen LogP) is -0.477. The van der Waals surface area contributed by atoms with E-state index in [1.165, 1.54) is 0 Å². The maximum absolute atomic E-state index is 10.5. The molecule has 1 aliphatic rings. The van der Waals surface area contributed by atoms with Crippen LogP contribution in [0, 0.1) is 0 Å². The summed E-state index contributed by atoms with van der Waals surface area (Å²) in [6.45, 7) is 2.04. The van der Waals surface area contributed by atoms with Gasteiger partial charge in [0, 0.05) is 11.8 Å². The zero-order valence-electron chi connectivity index (χ0n) is 5.26. The van der Waals surface area contributed by atoms with Crippen LogP contribution in [-0.2, 0) is 4.79 Å². The van der Waals surface area contributed by atoms with E-state index in [1.807, 2.05) is 6.92 Å².